The van der Waals surface area contributed by atoms with Crippen molar-refractivity contribution in [2.75, 3.05) is 0 Å². The Balaban J connectivity index is 1.96. The molecule has 2 N–H and O–H groups in total. The van der Waals surface area contributed by atoms with E-state index < -0.39 is 29.1 Å². The largest absolute Gasteiger partial charge is 0.481 e. The minimum Gasteiger partial charge on any atom is -0.481 e. The lowest BCUT2D eigenvalue weighted by atomic mass is 9.75. The number of ether oxygens (including phenoxy) is 1. The highest BCUT2D eigenvalue weighted by molar-refractivity contribution is 5.78. The number of amides is 1. The quantitative estimate of drug-likeness (QED) is 0.334. The fraction of sp³-hybridized carbons (Fsp3) is 0.290. The van der Waals surface area contributed by atoms with Gasteiger partial charge in [0.05, 0.1) is 11.5 Å². The van der Waals surface area contributed by atoms with Gasteiger partial charge in [-0.2, -0.15) is 0 Å². The standard InChI is InChI=1S/C31H35NO4/c1-30(2,3)36-29(35)32-27(21-24-13-7-4-8-14-24)19-20-31(28(33)34,22-25-15-9-5-10-16-25)23-26-17-11-6-12-18-26/h4-20,27H,21-23H2,1-3H3,(H,32,35)(H,33,34)/b20-19+. The van der Waals surface area contributed by atoms with E-state index in [1.54, 1.807) is 12.2 Å². The van der Waals surface area contributed by atoms with E-state index in [2.05, 4.69) is 5.32 Å². The molecule has 0 aliphatic rings. The van der Waals surface area contributed by atoms with E-state index in [1.165, 1.54) is 0 Å². The number of carbonyl (C=O) groups excluding carboxylic acids is 1. The molecular formula is C31H35NO4. The van der Waals surface area contributed by atoms with Gasteiger partial charge in [-0.15, -0.1) is 0 Å². The third-order valence-electron chi connectivity index (χ3n) is 5.80. The zero-order chi connectivity index (χ0) is 26.0. The molecule has 36 heavy (non-hydrogen) atoms. The van der Waals surface area contributed by atoms with Crippen LogP contribution in [0.1, 0.15) is 37.5 Å². The van der Waals surface area contributed by atoms with Crippen molar-refractivity contribution in [3.63, 3.8) is 0 Å². The number of hydrogen-bond donors (Lipinski definition) is 2. The Hall–Kier alpha value is -3.86. The van der Waals surface area contributed by atoms with Crippen molar-refractivity contribution in [2.45, 2.75) is 51.7 Å². The summed E-state index contributed by atoms with van der Waals surface area (Å²) in [7, 11) is 0. The van der Waals surface area contributed by atoms with Crippen LogP contribution in [0.2, 0.25) is 0 Å². The van der Waals surface area contributed by atoms with Crippen LogP contribution in [0.3, 0.4) is 0 Å². The number of carboxylic acids is 1. The van der Waals surface area contributed by atoms with E-state index in [1.807, 2.05) is 112 Å². The third-order valence-corrected chi connectivity index (χ3v) is 5.80. The Labute approximate surface area is 213 Å². The minimum atomic E-state index is -1.20. The molecule has 0 saturated carbocycles. The number of hydrogen-bond acceptors (Lipinski definition) is 3. The van der Waals surface area contributed by atoms with E-state index in [0.29, 0.717) is 19.3 Å². The molecule has 3 rings (SSSR count). The van der Waals surface area contributed by atoms with E-state index in [-0.39, 0.29) is 0 Å². The van der Waals surface area contributed by atoms with Crippen molar-refractivity contribution < 1.29 is 19.4 Å². The Morgan fingerprint density at radius 1 is 0.806 bits per heavy atom. The van der Waals surface area contributed by atoms with Crippen LogP contribution in [0.25, 0.3) is 0 Å². The predicted molar refractivity (Wildman–Crippen MR) is 143 cm³/mol. The third kappa shape index (κ3) is 8.42. The van der Waals surface area contributed by atoms with Crippen LogP contribution in [-0.4, -0.2) is 28.8 Å². The predicted octanol–water partition coefficient (Wildman–Crippen LogP) is 6.24. The van der Waals surface area contributed by atoms with Gasteiger partial charge in [0.1, 0.15) is 5.60 Å². The summed E-state index contributed by atoms with van der Waals surface area (Å²) in [5.74, 6) is -0.915. The molecule has 1 atom stereocenters. The van der Waals surface area contributed by atoms with Crippen LogP contribution in [-0.2, 0) is 28.8 Å². The maximum absolute atomic E-state index is 12.8. The Morgan fingerprint density at radius 3 is 1.67 bits per heavy atom. The van der Waals surface area contributed by atoms with Crippen LogP contribution in [0.15, 0.2) is 103 Å². The highest BCUT2D eigenvalue weighted by Gasteiger charge is 2.36. The molecule has 0 aliphatic carbocycles. The van der Waals surface area contributed by atoms with Gasteiger partial charge in [-0.1, -0.05) is 103 Å². The number of carboxylic acid groups (broad SMARTS) is 1. The molecule has 1 amide bonds. The van der Waals surface area contributed by atoms with Crippen molar-refractivity contribution in [1.29, 1.82) is 0 Å². The average Bonchev–Trinajstić information content (AvgIpc) is 2.83. The summed E-state index contributed by atoms with van der Waals surface area (Å²) in [6.45, 7) is 5.43. The molecule has 1 unspecified atom stereocenters. The number of rotatable bonds is 10. The van der Waals surface area contributed by atoms with Gasteiger partial charge in [0.25, 0.3) is 0 Å². The molecule has 0 aromatic heterocycles. The van der Waals surface area contributed by atoms with Gasteiger partial charge in [0.15, 0.2) is 0 Å². The topological polar surface area (TPSA) is 75.6 Å². The van der Waals surface area contributed by atoms with Crippen molar-refractivity contribution in [3.8, 4) is 0 Å². The highest BCUT2D eigenvalue weighted by Crippen LogP contribution is 2.31. The Kier molecular flexibility index (Phi) is 9.07. The Morgan fingerprint density at radius 2 is 1.25 bits per heavy atom. The van der Waals surface area contributed by atoms with E-state index in [9.17, 15) is 14.7 Å². The number of aliphatic carboxylic acids is 1. The molecule has 0 saturated heterocycles. The van der Waals surface area contributed by atoms with E-state index in [0.717, 1.165) is 16.7 Å². The first-order chi connectivity index (χ1) is 17.2. The summed E-state index contributed by atoms with van der Waals surface area (Å²) in [6.07, 6.45) is 4.15. The van der Waals surface area contributed by atoms with Crippen molar-refractivity contribution in [3.05, 3.63) is 120 Å². The van der Waals surface area contributed by atoms with Crippen LogP contribution in [0.4, 0.5) is 4.79 Å². The summed E-state index contributed by atoms with van der Waals surface area (Å²) in [4.78, 5) is 25.5. The monoisotopic (exact) mass is 485 g/mol. The van der Waals surface area contributed by atoms with E-state index in [4.69, 9.17) is 4.74 Å². The van der Waals surface area contributed by atoms with Gasteiger partial charge in [0.2, 0.25) is 0 Å². The fourth-order valence-electron chi connectivity index (χ4n) is 4.12. The van der Waals surface area contributed by atoms with E-state index >= 15 is 0 Å². The summed E-state index contributed by atoms with van der Waals surface area (Å²) in [5, 5.41) is 13.4. The molecule has 0 heterocycles. The van der Waals surface area contributed by atoms with Gasteiger partial charge in [0, 0.05) is 0 Å². The molecule has 0 bridgehead atoms. The van der Waals surface area contributed by atoms with Crippen molar-refractivity contribution in [2.24, 2.45) is 5.41 Å². The first kappa shape index (κ1) is 26.7. The van der Waals surface area contributed by atoms with Crippen LogP contribution < -0.4 is 5.32 Å². The molecule has 5 nitrogen and oxygen atoms in total. The zero-order valence-electron chi connectivity index (χ0n) is 21.2. The summed E-state index contributed by atoms with van der Waals surface area (Å²) in [5.41, 5.74) is 1.04. The summed E-state index contributed by atoms with van der Waals surface area (Å²) < 4.78 is 5.48. The van der Waals surface area contributed by atoms with Gasteiger partial charge in [-0.05, 0) is 56.7 Å². The van der Waals surface area contributed by atoms with Crippen LogP contribution in [0.5, 0.6) is 0 Å². The number of alkyl carbamates (subject to hydrolysis) is 1. The number of benzene rings is 3. The van der Waals surface area contributed by atoms with Crippen molar-refractivity contribution >= 4 is 12.1 Å². The van der Waals surface area contributed by atoms with Crippen LogP contribution >= 0.6 is 0 Å². The minimum absolute atomic E-state index is 0.319. The molecule has 0 fully saturated rings. The lowest BCUT2D eigenvalue weighted by Crippen LogP contribution is -2.40. The molecular weight excluding hydrogens is 450 g/mol. The first-order valence-electron chi connectivity index (χ1n) is 12.2. The SMILES string of the molecule is CC(C)(C)OC(=O)NC(/C=C/C(Cc1ccccc1)(Cc1ccccc1)C(=O)O)Cc1ccccc1. The smallest absolute Gasteiger partial charge is 0.408 e. The lowest BCUT2D eigenvalue weighted by molar-refractivity contribution is -0.146. The summed E-state index contributed by atoms with van der Waals surface area (Å²) in [6, 6.07) is 28.6. The van der Waals surface area contributed by atoms with Gasteiger partial charge in [-0.25, -0.2) is 4.79 Å². The molecule has 5 heteroatoms. The highest BCUT2D eigenvalue weighted by atomic mass is 16.6. The van der Waals surface area contributed by atoms with Gasteiger partial charge in [-0.3, -0.25) is 4.79 Å². The lowest BCUT2D eigenvalue weighted by Gasteiger charge is -2.28. The molecule has 188 valence electrons. The maximum Gasteiger partial charge on any atom is 0.408 e. The van der Waals surface area contributed by atoms with Gasteiger partial charge < -0.3 is 15.2 Å². The summed E-state index contributed by atoms with van der Waals surface area (Å²) >= 11 is 0. The molecule has 3 aromatic carbocycles. The fourth-order valence-corrected chi connectivity index (χ4v) is 4.12. The Bertz CT molecular complexity index is 1090. The first-order valence-corrected chi connectivity index (χ1v) is 12.2. The van der Waals surface area contributed by atoms with Crippen molar-refractivity contribution in [1.82, 2.24) is 5.32 Å². The second-order valence-electron chi connectivity index (χ2n) is 10.1. The molecule has 0 spiro atoms. The number of carbonyl (C=O) groups is 2. The van der Waals surface area contributed by atoms with Crippen LogP contribution in [0, 0.1) is 5.41 Å². The average molecular weight is 486 g/mol. The zero-order valence-corrected chi connectivity index (χ0v) is 21.2. The molecule has 3 aromatic rings. The normalized spacial score (nSPS) is 12.8. The number of nitrogens with one attached hydrogen (secondary N) is 1. The second-order valence-corrected chi connectivity index (χ2v) is 10.1. The maximum atomic E-state index is 12.8. The molecule has 0 aliphatic heterocycles. The molecule has 0 radical (unpaired) electrons. The second kappa shape index (κ2) is 12.2. The van der Waals surface area contributed by atoms with Gasteiger partial charge >= 0.3 is 12.1 Å².